The molecule has 0 N–H and O–H groups in total. The molecule has 0 amide bonds. The number of hydrogen-bond acceptors (Lipinski definition) is 1. The summed E-state index contributed by atoms with van der Waals surface area (Å²) >= 11 is 0. The van der Waals surface area contributed by atoms with Crippen LogP contribution in [0.5, 0.6) is 0 Å². The van der Waals surface area contributed by atoms with Gasteiger partial charge in [0.05, 0.1) is 11.9 Å². The lowest BCUT2D eigenvalue weighted by Crippen LogP contribution is -1.98. The summed E-state index contributed by atoms with van der Waals surface area (Å²) in [5.74, 6) is 0. The second kappa shape index (κ2) is 4.35. The van der Waals surface area contributed by atoms with Crippen LogP contribution in [0.4, 0.5) is 0 Å². The molecule has 16 heavy (non-hydrogen) atoms. The van der Waals surface area contributed by atoms with Crippen LogP contribution in [0.25, 0.3) is 11.3 Å². The average Bonchev–Trinajstić information content (AvgIpc) is 2.78. The first-order valence-corrected chi connectivity index (χ1v) is 5.51. The van der Waals surface area contributed by atoms with Crippen molar-refractivity contribution in [1.82, 2.24) is 9.78 Å². The van der Waals surface area contributed by atoms with E-state index in [0.29, 0.717) is 0 Å². The molecule has 82 valence electrons. The molecule has 0 bridgehead atoms. The van der Waals surface area contributed by atoms with Crippen LogP contribution in [0.2, 0.25) is 0 Å². The Morgan fingerprint density at radius 2 is 2.12 bits per heavy atom. The smallest absolute Gasteiger partial charge is 0.0677 e. The predicted molar refractivity (Wildman–Crippen MR) is 67.7 cm³/mol. The molecule has 2 heteroatoms. The highest BCUT2D eigenvalue weighted by molar-refractivity contribution is 5.60. The Hall–Kier alpha value is -1.83. The van der Waals surface area contributed by atoms with E-state index < -0.39 is 0 Å². The van der Waals surface area contributed by atoms with Crippen LogP contribution in [-0.4, -0.2) is 9.78 Å². The molecule has 2 nitrogen and oxygen atoms in total. The van der Waals surface area contributed by atoms with Crippen LogP contribution in [0.15, 0.2) is 43.2 Å². The van der Waals surface area contributed by atoms with Crippen molar-refractivity contribution in [2.45, 2.75) is 20.3 Å². The third kappa shape index (κ3) is 1.91. The zero-order chi connectivity index (χ0) is 11.5. The van der Waals surface area contributed by atoms with Crippen LogP contribution in [0, 0.1) is 0 Å². The molecule has 1 heterocycles. The standard InChI is InChI=1S/C14H16N2/c1-4-12-7-5-6-8-14(12)16-10-13(9-15-16)11(2)3/h5-10H,2,4H2,1,3H3. The molecule has 0 saturated heterocycles. The number of benzene rings is 1. The summed E-state index contributed by atoms with van der Waals surface area (Å²) in [6.07, 6.45) is 4.89. The summed E-state index contributed by atoms with van der Waals surface area (Å²) in [7, 11) is 0. The maximum atomic E-state index is 4.37. The van der Waals surface area contributed by atoms with E-state index in [1.165, 1.54) is 5.56 Å². The molecule has 1 aromatic carbocycles. The van der Waals surface area contributed by atoms with Crippen LogP contribution in [0.1, 0.15) is 25.0 Å². The van der Waals surface area contributed by atoms with E-state index in [4.69, 9.17) is 0 Å². The quantitative estimate of drug-likeness (QED) is 0.761. The number of allylic oxidation sites excluding steroid dienone is 1. The summed E-state index contributed by atoms with van der Waals surface area (Å²) < 4.78 is 1.92. The topological polar surface area (TPSA) is 17.8 Å². The van der Waals surface area contributed by atoms with Gasteiger partial charge in [-0.05, 0) is 30.5 Å². The zero-order valence-corrected chi connectivity index (χ0v) is 9.77. The van der Waals surface area contributed by atoms with Crippen molar-refractivity contribution in [3.8, 4) is 5.69 Å². The summed E-state index contributed by atoms with van der Waals surface area (Å²) in [6, 6.07) is 8.33. The van der Waals surface area contributed by atoms with Crippen molar-refractivity contribution in [2.75, 3.05) is 0 Å². The van der Waals surface area contributed by atoms with Gasteiger partial charge in [-0.15, -0.1) is 0 Å². The van der Waals surface area contributed by atoms with E-state index in [9.17, 15) is 0 Å². The van der Waals surface area contributed by atoms with Crippen molar-refractivity contribution < 1.29 is 0 Å². The lowest BCUT2D eigenvalue weighted by atomic mass is 10.1. The molecular weight excluding hydrogens is 196 g/mol. The van der Waals surface area contributed by atoms with Crippen LogP contribution < -0.4 is 0 Å². The fourth-order valence-corrected chi connectivity index (χ4v) is 1.71. The molecule has 0 saturated carbocycles. The highest BCUT2D eigenvalue weighted by Crippen LogP contribution is 2.17. The van der Waals surface area contributed by atoms with Crippen molar-refractivity contribution in [1.29, 1.82) is 0 Å². The number of aryl methyl sites for hydroxylation is 1. The molecule has 0 spiro atoms. The largest absolute Gasteiger partial charge is 0.240 e. The van der Waals surface area contributed by atoms with Gasteiger partial charge in [-0.3, -0.25) is 0 Å². The molecule has 0 fully saturated rings. The third-order valence-corrected chi connectivity index (χ3v) is 2.69. The van der Waals surface area contributed by atoms with Crippen molar-refractivity contribution in [3.63, 3.8) is 0 Å². The molecule has 0 aliphatic heterocycles. The van der Waals surface area contributed by atoms with Gasteiger partial charge in [0.15, 0.2) is 0 Å². The maximum Gasteiger partial charge on any atom is 0.0677 e. The first kappa shape index (κ1) is 10.7. The van der Waals surface area contributed by atoms with E-state index in [0.717, 1.165) is 23.2 Å². The Balaban J connectivity index is 2.46. The highest BCUT2D eigenvalue weighted by Gasteiger charge is 2.04. The maximum absolute atomic E-state index is 4.37. The van der Waals surface area contributed by atoms with Gasteiger partial charge < -0.3 is 0 Å². The Bertz CT molecular complexity index is 509. The van der Waals surface area contributed by atoms with Gasteiger partial charge in [-0.25, -0.2) is 4.68 Å². The second-order valence-corrected chi connectivity index (χ2v) is 3.94. The first-order chi connectivity index (χ1) is 7.72. The lowest BCUT2D eigenvalue weighted by molar-refractivity contribution is 0.863. The molecule has 0 unspecified atom stereocenters. The van der Waals surface area contributed by atoms with E-state index in [2.05, 4.69) is 36.8 Å². The average molecular weight is 212 g/mol. The van der Waals surface area contributed by atoms with Crippen LogP contribution >= 0.6 is 0 Å². The van der Waals surface area contributed by atoms with Crippen molar-refractivity contribution in [2.24, 2.45) is 0 Å². The Kier molecular flexibility index (Phi) is 2.91. The minimum Gasteiger partial charge on any atom is -0.240 e. The van der Waals surface area contributed by atoms with E-state index >= 15 is 0 Å². The molecule has 0 radical (unpaired) electrons. The molecule has 0 aliphatic rings. The molecular formula is C14H16N2. The molecule has 2 aromatic rings. The lowest BCUT2D eigenvalue weighted by Gasteiger charge is -2.06. The fourth-order valence-electron chi connectivity index (χ4n) is 1.71. The summed E-state index contributed by atoms with van der Waals surface area (Å²) in [6.45, 7) is 8.07. The number of hydrogen-bond donors (Lipinski definition) is 0. The summed E-state index contributed by atoms with van der Waals surface area (Å²) in [5.41, 5.74) is 4.59. The van der Waals surface area contributed by atoms with Gasteiger partial charge >= 0.3 is 0 Å². The minimum atomic E-state index is 1.01. The fraction of sp³-hybridized carbons (Fsp3) is 0.214. The molecule has 0 aliphatic carbocycles. The van der Waals surface area contributed by atoms with Gasteiger partial charge in [0, 0.05) is 11.8 Å². The van der Waals surface area contributed by atoms with Crippen LogP contribution in [-0.2, 0) is 6.42 Å². The minimum absolute atomic E-state index is 1.01. The van der Waals surface area contributed by atoms with Gasteiger partial charge in [-0.1, -0.05) is 31.7 Å². The number of aromatic nitrogens is 2. The van der Waals surface area contributed by atoms with Gasteiger partial charge in [0.2, 0.25) is 0 Å². The Labute approximate surface area is 96.2 Å². The molecule has 1 aromatic heterocycles. The Morgan fingerprint density at radius 3 is 2.75 bits per heavy atom. The summed E-state index contributed by atoms with van der Waals surface area (Å²) in [4.78, 5) is 0. The molecule has 2 rings (SSSR count). The van der Waals surface area contributed by atoms with Gasteiger partial charge in [-0.2, -0.15) is 5.10 Å². The van der Waals surface area contributed by atoms with Gasteiger partial charge in [0.1, 0.15) is 0 Å². The first-order valence-electron chi connectivity index (χ1n) is 5.51. The zero-order valence-electron chi connectivity index (χ0n) is 9.77. The predicted octanol–water partition coefficient (Wildman–Crippen LogP) is 3.47. The Morgan fingerprint density at radius 1 is 1.38 bits per heavy atom. The van der Waals surface area contributed by atoms with E-state index in [1.54, 1.807) is 0 Å². The van der Waals surface area contributed by atoms with E-state index in [-0.39, 0.29) is 0 Å². The van der Waals surface area contributed by atoms with E-state index in [1.807, 2.05) is 30.1 Å². The third-order valence-electron chi connectivity index (χ3n) is 2.69. The monoisotopic (exact) mass is 212 g/mol. The van der Waals surface area contributed by atoms with Crippen molar-refractivity contribution in [3.05, 3.63) is 54.4 Å². The molecule has 0 atom stereocenters. The SMILES string of the molecule is C=C(C)c1cnn(-c2ccccc2CC)c1. The summed E-state index contributed by atoms with van der Waals surface area (Å²) in [5, 5.41) is 4.37. The number of nitrogens with zero attached hydrogens (tertiary/aromatic N) is 2. The van der Waals surface area contributed by atoms with Crippen molar-refractivity contribution >= 4 is 5.57 Å². The van der Waals surface area contributed by atoms with Crippen LogP contribution in [0.3, 0.4) is 0 Å². The highest BCUT2D eigenvalue weighted by atomic mass is 15.3. The van der Waals surface area contributed by atoms with Gasteiger partial charge in [0.25, 0.3) is 0 Å². The second-order valence-electron chi connectivity index (χ2n) is 3.94. The number of rotatable bonds is 3. The number of para-hydroxylation sites is 1. The normalized spacial score (nSPS) is 10.4.